The van der Waals surface area contributed by atoms with Gasteiger partial charge in [-0.2, -0.15) is 0 Å². The van der Waals surface area contributed by atoms with Gasteiger partial charge in [-0.25, -0.2) is 9.37 Å². The normalized spacial score (nSPS) is 10.7. The quantitative estimate of drug-likeness (QED) is 0.908. The number of hydrogen-bond acceptors (Lipinski definition) is 3. The van der Waals surface area contributed by atoms with E-state index in [0.29, 0.717) is 16.9 Å². The third-order valence-electron chi connectivity index (χ3n) is 3.06. The molecule has 0 unspecified atom stereocenters. The fraction of sp³-hybridized carbons (Fsp3) is 0.250. The number of aromatic nitrogens is 1. The van der Waals surface area contributed by atoms with Crippen molar-refractivity contribution in [2.45, 2.75) is 26.3 Å². The minimum absolute atomic E-state index is 0.184. The number of anilines is 1. The van der Waals surface area contributed by atoms with Crippen LogP contribution in [0.4, 0.5) is 10.2 Å². The molecule has 0 aliphatic carbocycles. The third-order valence-corrected chi connectivity index (χ3v) is 3.06. The molecule has 0 fully saturated rings. The van der Waals surface area contributed by atoms with E-state index in [1.807, 2.05) is 13.8 Å². The van der Waals surface area contributed by atoms with Gasteiger partial charge in [0.2, 0.25) is 0 Å². The molecule has 2 aromatic rings. The Kier molecular flexibility index (Phi) is 4.52. The molecule has 1 aromatic heterocycles. The minimum Gasteiger partial charge on any atom is -0.384 e. The van der Waals surface area contributed by atoms with Crippen molar-refractivity contribution in [1.29, 1.82) is 0 Å². The lowest BCUT2D eigenvalue weighted by Gasteiger charge is -2.10. The summed E-state index contributed by atoms with van der Waals surface area (Å²) in [6, 6.07) is 9.38. The number of amides is 1. The van der Waals surface area contributed by atoms with Crippen LogP contribution in [0, 0.1) is 5.82 Å². The van der Waals surface area contributed by atoms with Gasteiger partial charge in [-0.3, -0.25) is 4.79 Å². The van der Waals surface area contributed by atoms with Crippen LogP contribution in [0.3, 0.4) is 0 Å². The molecule has 3 N–H and O–H groups in total. The lowest BCUT2D eigenvalue weighted by atomic mass is 10.1. The van der Waals surface area contributed by atoms with Crippen LogP contribution in [0.15, 0.2) is 36.4 Å². The molecule has 0 bridgehead atoms. The van der Waals surface area contributed by atoms with E-state index in [1.165, 1.54) is 18.2 Å². The van der Waals surface area contributed by atoms with Crippen LogP contribution in [-0.4, -0.2) is 10.9 Å². The average molecular weight is 287 g/mol. The highest BCUT2D eigenvalue weighted by Gasteiger charge is 2.10. The Hall–Kier alpha value is -2.43. The average Bonchev–Trinajstić information content (AvgIpc) is 2.44. The Balaban J connectivity index is 2.10. The molecule has 2 rings (SSSR count). The Bertz CT molecular complexity index is 656. The van der Waals surface area contributed by atoms with E-state index in [2.05, 4.69) is 10.3 Å². The van der Waals surface area contributed by atoms with E-state index in [-0.39, 0.29) is 24.2 Å². The monoisotopic (exact) mass is 287 g/mol. The molecule has 0 aliphatic heterocycles. The SMILES string of the molecule is CC(C)c1cc(C(=O)NCc2cccc(F)c2)cc(N)n1. The summed E-state index contributed by atoms with van der Waals surface area (Å²) in [6.45, 7) is 4.22. The molecule has 0 aliphatic rings. The van der Waals surface area contributed by atoms with Crippen molar-refractivity contribution < 1.29 is 9.18 Å². The molecule has 110 valence electrons. The zero-order valence-electron chi connectivity index (χ0n) is 12.1. The van der Waals surface area contributed by atoms with Crippen LogP contribution in [0.1, 0.15) is 41.4 Å². The first-order valence-electron chi connectivity index (χ1n) is 6.76. The van der Waals surface area contributed by atoms with Gasteiger partial charge in [0.1, 0.15) is 11.6 Å². The van der Waals surface area contributed by atoms with Gasteiger partial charge in [0.25, 0.3) is 5.91 Å². The first-order valence-corrected chi connectivity index (χ1v) is 6.76. The second-order valence-electron chi connectivity index (χ2n) is 5.17. The van der Waals surface area contributed by atoms with Crippen LogP contribution < -0.4 is 11.1 Å². The summed E-state index contributed by atoms with van der Waals surface area (Å²) in [7, 11) is 0. The number of carbonyl (C=O) groups is 1. The molecule has 21 heavy (non-hydrogen) atoms. The maximum absolute atomic E-state index is 13.1. The number of nitrogens with zero attached hydrogens (tertiary/aromatic N) is 1. The summed E-state index contributed by atoms with van der Waals surface area (Å²) < 4.78 is 13.1. The Morgan fingerprint density at radius 2 is 2.10 bits per heavy atom. The topological polar surface area (TPSA) is 68.0 Å². The summed E-state index contributed by atoms with van der Waals surface area (Å²) in [5, 5.41) is 2.75. The minimum atomic E-state index is -0.322. The zero-order chi connectivity index (χ0) is 15.4. The standard InChI is InChI=1S/C16H18FN3O/c1-10(2)14-7-12(8-15(18)20-14)16(21)19-9-11-4-3-5-13(17)6-11/h3-8,10H,9H2,1-2H3,(H2,18,20)(H,19,21). The van der Waals surface area contributed by atoms with Gasteiger partial charge in [0.05, 0.1) is 0 Å². The number of nitrogen functional groups attached to an aromatic ring is 1. The van der Waals surface area contributed by atoms with Gasteiger partial charge in [0.15, 0.2) is 0 Å². The van der Waals surface area contributed by atoms with Gasteiger partial charge in [0, 0.05) is 17.8 Å². The highest BCUT2D eigenvalue weighted by molar-refractivity contribution is 5.94. The molecule has 5 heteroatoms. The van der Waals surface area contributed by atoms with Crippen molar-refractivity contribution in [2.24, 2.45) is 0 Å². The third kappa shape index (κ3) is 4.02. The van der Waals surface area contributed by atoms with E-state index < -0.39 is 0 Å². The number of carbonyl (C=O) groups excluding carboxylic acids is 1. The van der Waals surface area contributed by atoms with Gasteiger partial charge in [-0.05, 0) is 35.7 Å². The molecule has 0 radical (unpaired) electrons. The van der Waals surface area contributed by atoms with Crippen molar-refractivity contribution in [2.75, 3.05) is 5.73 Å². The van der Waals surface area contributed by atoms with E-state index >= 15 is 0 Å². The molecule has 0 saturated heterocycles. The summed E-state index contributed by atoms with van der Waals surface area (Å²) >= 11 is 0. The van der Waals surface area contributed by atoms with Crippen LogP contribution in [-0.2, 0) is 6.54 Å². The second-order valence-corrected chi connectivity index (χ2v) is 5.17. The van der Waals surface area contributed by atoms with Crippen LogP contribution >= 0.6 is 0 Å². The van der Waals surface area contributed by atoms with Crippen molar-refractivity contribution in [3.05, 3.63) is 59.0 Å². The molecule has 0 atom stereocenters. The van der Waals surface area contributed by atoms with E-state index in [4.69, 9.17) is 5.73 Å². The first kappa shape index (κ1) is 15.0. The zero-order valence-corrected chi connectivity index (χ0v) is 12.1. The molecule has 4 nitrogen and oxygen atoms in total. The number of pyridine rings is 1. The van der Waals surface area contributed by atoms with Crippen molar-refractivity contribution in [3.63, 3.8) is 0 Å². The van der Waals surface area contributed by atoms with E-state index in [9.17, 15) is 9.18 Å². The number of rotatable bonds is 4. The number of halogens is 1. The van der Waals surface area contributed by atoms with Gasteiger partial charge in [-0.1, -0.05) is 26.0 Å². The maximum atomic E-state index is 13.1. The molecular formula is C16H18FN3O. The number of nitrogens with two attached hydrogens (primary N) is 1. The Labute approximate surface area is 123 Å². The molecule has 0 spiro atoms. The molecule has 1 amide bonds. The smallest absolute Gasteiger partial charge is 0.251 e. The predicted molar refractivity (Wildman–Crippen MR) is 80.3 cm³/mol. The van der Waals surface area contributed by atoms with E-state index in [0.717, 1.165) is 5.69 Å². The van der Waals surface area contributed by atoms with Crippen molar-refractivity contribution >= 4 is 11.7 Å². The highest BCUT2D eigenvalue weighted by atomic mass is 19.1. The molecule has 0 saturated carbocycles. The van der Waals surface area contributed by atoms with Crippen LogP contribution in [0.5, 0.6) is 0 Å². The number of benzene rings is 1. The van der Waals surface area contributed by atoms with Crippen LogP contribution in [0.2, 0.25) is 0 Å². The lowest BCUT2D eigenvalue weighted by Crippen LogP contribution is -2.23. The number of hydrogen-bond donors (Lipinski definition) is 2. The summed E-state index contributed by atoms with van der Waals surface area (Å²) in [4.78, 5) is 16.3. The maximum Gasteiger partial charge on any atom is 0.251 e. The highest BCUT2D eigenvalue weighted by Crippen LogP contribution is 2.16. The molecule has 1 aromatic carbocycles. The Morgan fingerprint density at radius 1 is 1.33 bits per heavy atom. The van der Waals surface area contributed by atoms with E-state index in [1.54, 1.807) is 18.2 Å². The molecular weight excluding hydrogens is 269 g/mol. The second kappa shape index (κ2) is 6.35. The Morgan fingerprint density at radius 3 is 2.76 bits per heavy atom. The summed E-state index contributed by atoms with van der Waals surface area (Å²) in [6.07, 6.45) is 0. The summed E-state index contributed by atoms with van der Waals surface area (Å²) in [5.41, 5.74) is 7.65. The van der Waals surface area contributed by atoms with Gasteiger partial charge < -0.3 is 11.1 Å². The van der Waals surface area contributed by atoms with Gasteiger partial charge in [-0.15, -0.1) is 0 Å². The fourth-order valence-corrected chi connectivity index (χ4v) is 1.93. The fourth-order valence-electron chi connectivity index (χ4n) is 1.93. The molecule has 1 heterocycles. The van der Waals surface area contributed by atoms with Crippen LogP contribution in [0.25, 0.3) is 0 Å². The predicted octanol–water partition coefficient (Wildman–Crippen LogP) is 2.86. The van der Waals surface area contributed by atoms with Crippen molar-refractivity contribution in [3.8, 4) is 0 Å². The lowest BCUT2D eigenvalue weighted by molar-refractivity contribution is 0.0950. The van der Waals surface area contributed by atoms with Gasteiger partial charge >= 0.3 is 0 Å². The largest absolute Gasteiger partial charge is 0.384 e. The summed E-state index contributed by atoms with van der Waals surface area (Å²) in [5.74, 6) is -0.0763. The number of nitrogens with one attached hydrogen (secondary N) is 1. The first-order chi connectivity index (χ1) is 9.95. The van der Waals surface area contributed by atoms with Crippen molar-refractivity contribution in [1.82, 2.24) is 10.3 Å².